The van der Waals surface area contributed by atoms with Crippen LogP contribution in [0.15, 0.2) is 12.3 Å². The molecule has 1 aromatic rings. The van der Waals surface area contributed by atoms with Gasteiger partial charge in [-0.25, -0.2) is 9.97 Å². The van der Waals surface area contributed by atoms with E-state index in [0.29, 0.717) is 17.7 Å². The molecular weight excluding hydrogens is 216 g/mol. The lowest BCUT2D eigenvalue weighted by atomic mass is 10.1. The molecule has 5 nitrogen and oxygen atoms in total. The van der Waals surface area contributed by atoms with Crippen molar-refractivity contribution in [2.75, 3.05) is 18.5 Å². The first-order chi connectivity index (χ1) is 8.38. The Bertz CT molecular complexity index is 396. The van der Waals surface area contributed by atoms with Crippen molar-refractivity contribution in [3.05, 3.63) is 18.0 Å². The summed E-state index contributed by atoms with van der Waals surface area (Å²) in [5, 5.41) is 11.8. The normalized spacial score (nSPS) is 19.6. The molecule has 1 atom stereocenters. The molecule has 0 bridgehead atoms. The molecule has 5 heteroatoms. The number of nitrogens with one attached hydrogen (secondary N) is 1. The number of hydrogen-bond acceptors (Lipinski definition) is 5. The van der Waals surface area contributed by atoms with Gasteiger partial charge in [0.05, 0.1) is 6.10 Å². The average Bonchev–Trinajstić information content (AvgIpc) is 2.40. The van der Waals surface area contributed by atoms with Gasteiger partial charge in [0.15, 0.2) is 0 Å². The Hall–Kier alpha value is -1.67. The van der Waals surface area contributed by atoms with E-state index in [1.807, 2.05) is 6.07 Å². The first kappa shape index (κ1) is 11.8. The largest absolute Gasteiger partial charge is 0.378 e. The predicted molar refractivity (Wildman–Crippen MR) is 63.4 cm³/mol. The van der Waals surface area contributed by atoms with Gasteiger partial charge in [-0.05, 0) is 31.7 Å². The maximum atomic E-state index is 8.70. The summed E-state index contributed by atoms with van der Waals surface area (Å²) in [6.45, 7) is 1.66. The zero-order chi connectivity index (χ0) is 11.9. The lowest BCUT2D eigenvalue weighted by Gasteiger charge is -2.22. The molecule has 0 amide bonds. The van der Waals surface area contributed by atoms with Crippen molar-refractivity contribution in [2.45, 2.75) is 31.8 Å². The van der Waals surface area contributed by atoms with Crippen molar-refractivity contribution in [3.63, 3.8) is 0 Å². The highest BCUT2D eigenvalue weighted by Gasteiger charge is 2.13. The van der Waals surface area contributed by atoms with Gasteiger partial charge in [-0.1, -0.05) is 0 Å². The van der Waals surface area contributed by atoms with Crippen LogP contribution in [0.4, 0.5) is 5.95 Å². The number of nitriles is 1. The van der Waals surface area contributed by atoms with Crippen molar-refractivity contribution in [1.82, 2.24) is 9.97 Å². The molecule has 1 aromatic heterocycles. The van der Waals surface area contributed by atoms with Crippen LogP contribution in [0.5, 0.6) is 0 Å². The highest BCUT2D eigenvalue weighted by atomic mass is 16.5. The second kappa shape index (κ2) is 6.16. The second-order valence-corrected chi connectivity index (χ2v) is 4.08. The maximum absolute atomic E-state index is 8.70. The molecular formula is C12H16N4O. The third-order valence-corrected chi connectivity index (χ3v) is 2.79. The lowest BCUT2D eigenvalue weighted by molar-refractivity contribution is 0.0134. The fourth-order valence-electron chi connectivity index (χ4n) is 1.89. The number of hydrogen-bond donors (Lipinski definition) is 1. The molecule has 1 fully saturated rings. The lowest BCUT2D eigenvalue weighted by Crippen LogP contribution is -2.22. The Morgan fingerprint density at radius 1 is 1.53 bits per heavy atom. The standard InChI is InChI=1S/C12H16N4O/c13-9-10-4-6-14-12(16-10)15-7-5-11-3-1-2-8-17-11/h4,6,11H,1-3,5,7-8H2,(H,14,15,16). The summed E-state index contributed by atoms with van der Waals surface area (Å²) in [6, 6.07) is 3.58. The molecule has 2 rings (SSSR count). The molecule has 0 aromatic carbocycles. The SMILES string of the molecule is N#Cc1ccnc(NCCC2CCCCO2)n1. The number of ether oxygens (including phenoxy) is 1. The van der Waals surface area contributed by atoms with Crippen LogP contribution in [0.1, 0.15) is 31.4 Å². The Morgan fingerprint density at radius 2 is 2.47 bits per heavy atom. The van der Waals surface area contributed by atoms with Crippen molar-refractivity contribution >= 4 is 5.95 Å². The third kappa shape index (κ3) is 3.68. The zero-order valence-corrected chi connectivity index (χ0v) is 9.72. The van der Waals surface area contributed by atoms with E-state index in [9.17, 15) is 0 Å². The van der Waals surface area contributed by atoms with Crippen molar-refractivity contribution < 1.29 is 4.74 Å². The van der Waals surface area contributed by atoms with Gasteiger partial charge in [-0.2, -0.15) is 5.26 Å². The summed E-state index contributed by atoms with van der Waals surface area (Å²) in [5.74, 6) is 0.514. The minimum atomic E-state index is 0.357. The van der Waals surface area contributed by atoms with Crippen LogP contribution in [-0.2, 0) is 4.74 Å². The van der Waals surface area contributed by atoms with E-state index < -0.39 is 0 Å². The molecule has 1 N–H and O–H groups in total. The monoisotopic (exact) mass is 232 g/mol. The summed E-state index contributed by atoms with van der Waals surface area (Å²) >= 11 is 0. The topological polar surface area (TPSA) is 70.8 Å². The van der Waals surface area contributed by atoms with E-state index in [4.69, 9.17) is 10.00 Å². The quantitative estimate of drug-likeness (QED) is 0.855. The maximum Gasteiger partial charge on any atom is 0.223 e. The summed E-state index contributed by atoms with van der Waals surface area (Å²) in [6.07, 6.45) is 6.48. The molecule has 2 heterocycles. The summed E-state index contributed by atoms with van der Waals surface area (Å²) < 4.78 is 5.63. The van der Waals surface area contributed by atoms with Gasteiger partial charge in [-0.3, -0.25) is 0 Å². The van der Waals surface area contributed by atoms with Crippen LogP contribution in [0.2, 0.25) is 0 Å². The molecule has 1 aliphatic heterocycles. The van der Waals surface area contributed by atoms with Crippen LogP contribution in [-0.4, -0.2) is 29.2 Å². The van der Waals surface area contributed by atoms with E-state index in [-0.39, 0.29) is 0 Å². The molecule has 1 aliphatic rings. The van der Waals surface area contributed by atoms with Crippen LogP contribution in [0.25, 0.3) is 0 Å². The fourth-order valence-corrected chi connectivity index (χ4v) is 1.89. The van der Waals surface area contributed by atoms with Crippen LogP contribution in [0, 0.1) is 11.3 Å². The van der Waals surface area contributed by atoms with Gasteiger partial charge < -0.3 is 10.1 Å². The van der Waals surface area contributed by atoms with Crippen LogP contribution in [0.3, 0.4) is 0 Å². The molecule has 1 saturated heterocycles. The molecule has 0 spiro atoms. The smallest absolute Gasteiger partial charge is 0.223 e. The van der Waals surface area contributed by atoms with Crippen molar-refractivity contribution in [2.24, 2.45) is 0 Å². The minimum absolute atomic E-state index is 0.357. The van der Waals surface area contributed by atoms with Crippen LogP contribution >= 0.6 is 0 Å². The third-order valence-electron chi connectivity index (χ3n) is 2.79. The number of rotatable bonds is 4. The Balaban J connectivity index is 1.75. The molecule has 0 radical (unpaired) electrons. The van der Waals surface area contributed by atoms with Crippen molar-refractivity contribution in [3.8, 4) is 6.07 Å². The van der Waals surface area contributed by atoms with Gasteiger partial charge in [-0.15, -0.1) is 0 Å². The summed E-state index contributed by atoms with van der Waals surface area (Å²) in [5.41, 5.74) is 0.386. The summed E-state index contributed by atoms with van der Waals surface area (Å²) in [7, 11) is 0. The van der Waals surface area contributed by atoms with E-state index >= 15 is 0 Å². The Labute approximate surface area is 101 Å². The first-order valence-electron chi connectivity index (χ1n) is 5.97. The highest BCUT2D eigenvalue weighted by molar-refractivity contribution is 5.29. The van der Waals surface area contributed by atoms with Crippen molar-refractivity contribution in [1.29, 1.82) is 5.26 Å². The fraction of sp³-hybridized carbons (Fsp3) is 0.583. The van der Waals surface area contributed by atoms with E-state index in [1.165, 1.54) is 12.8 Å². The molecule has 0 saturated carbocycles. The number of nitrogens with zero attached hydrogens (tertiary/aromatic N) is 3. The average molecular weight is 232 g/mol. The van der Waals surface area contributed by atoms with Gasteiger partial charge in [0.1, 0.15) is 11.8 Å². The van der Waals surface area contributed by atoms with Crippen LogP contribution < -0.4 is 5.32 Å². The number of aromatic nitrogens is 2. The molecule has 17 heavy (non-hydrogen) atoms. The van der Waals surface area contributed by atoms with Gasteiger partial charge >= 0.3 is 0 Å². The van der Waals surface area contributed by atoms with E-state index in [2.05, 4.69) is 15.3 Å². The minimum Gasteiger partial charge on any atom is -0.378 e. The van der Waals surface area contributed by atoms with E-state index in [1.54, 1.807) is 12.3 Å². The van der Waals surface area contributed by atoms with Gasteiger partial charge in [0.2, 0.25) is 5.95 Å². The molecule has 0 aliphatic carbocycles. The van der Waals surface area contributed by atoms with Gasteiger partial charge in [0, 0.05) is 19.3 Å². The second-order valence-electron chi connectivity index (χ2n) is 4.08. The highest BCUT2D eigenvalue weighted by Crippen LogP contribution is 2.15. The van der Waals surface area contributed by atoms with E-state index in [0.717, 1.165) is 26.0 Å². The first-order valence-corrected chi connectivity index (χ1v) is 5.97. The number of anilines is 1. The Morgan fingerprint density at radius 3 is 3.24 bits per heavy atom. The predicted octanol–water partition coefficient (Wildman–Crippen LogP) is 1.72. The van der Waals surface area contributed by atoms with Gasteiger partial charge in [0.25, 0.3) is 0 Å². The molecule has 90 valence electrons. The summed E-state index contributed by atoms with van der Waals surface area (Å²) in [4.78, 5) is 8.11. The molecule has 1 unspecified atom stereocenters. The Kier molecular flexibility index (Phi) is 4.28. The zero-order valence-electron chi connectivity index (χ0n) is 9.72.